The molecule has 1 nitrogen and oxygen atoms in total. The van der Waals surface area contributed by atoms with Gasteiger partial charge in [-0.3, -0.25) is 0 Å². The SMILES string of the molecule is COc1ccc(-c2ccc3c(c2)Cc2cc(-c4ccc5cc(C(C)(C)C)ccc5c4)ccc2-3)cc1. The first-order valence-electron chi connectivity index (χ1n) is 12.3. The second kappa shape index (κ2) is 8.13. The molecule has 5 aromatic rings. The lowest BCUT2D eigenvalue weighted by Gasteiger charge is -2.19. The predicted molar refractivity (Wildman–Crippen MR) is 148 cm³/mol. The number of hydrogen-bond donors (Lipinski definition) is 0. The smallest absolute Gasteiger partial charge is 0.118 e. The molecule has 0 aromatic heterocycles. The maximum absolute atomic E-state index is 5.31. The maximum atomic E-state index is 5.31. The molecule has 0 N–H and O–H groups in total. The van der Waals surface area contributed by atoms with Crippen molar-refractivity contribution in [3.05, 3.63) is 114 Å². The normalized spacial score (nSPS) is 12.5. The average molecular weight is 455 g/mol. The number of methoxy groups -OCH3 is 1. The van der Waals surface area contributed by atoms with E-state index in [1.807, 2.05) is 12.1 Å². The molecule has 0 radical (unpaired) electrons. The van der Waals surface area contributed by atoms with Crippen LogP contribution in [0.2, 0.25) is 0 Å². The highest BCUT2D eigenvalue weighted by Gasteiger charge is 2.20. The number of rotatable bonds is 3. The molecular formula is C34H30O. The molecule has 0 aliphatic heterocycles. The summed E-state index contributed by atoms with van der Waals surface area (Å²) in [5, 5.41) is 2.60. The van der Waals surface area contributed by atoms with Crippen molar-refractivity contribution in [2.45, 2.75) is 32.6 Å². The molecular weight excluding hydrogens is 424 g/mol. The lowest BCUT2D eigenvalue weighted by atomic mass is 9.85. The molecule has 1 aliphatic carbocycles. The van der Waals surface area contributed by atoms with E-state index >= 15 is 0 Å². The van der Waals surface area contributed by atoms with Crippen molar-refractivity contribution in [2.75, 3.05) is 7.11 Å². The molecule has 1 heteroatoms. The number of fused-ring (bicyclic) bond motifs is 4. The molecule has 35 heavy (non-hydrogen) atoms. The van der Waals surface area contributed by atoms with Gasteiger partial charge in [-0.1, -0.05) is 99.6 Å². The summed E-state index contributed by atoms with van der Waals surface area (Å²) < 4.78 is 5.31. The Morgan fingerprint density at radius 3 is 1.69 bits per heavy atom. The minimum absolute atomic E-state index is 0.162. The zero-order valence-electron chi connectivity index (χ0n) is 20.9. The van der Waals surface area contributed by atoms with Crippen LogP contribution in [0.15, 0.2) is 97.1 Å². The lowest BCUT2D eigenvalue weighted by Crippen LogP contribution is -2.10. The van der Waals surface area contributed by atoms with Gasteiger partial charge >= 0.3 is 0 Å². The number of hydrogen-bond acceptors (Lipinski definition) is 1. The Labute approximate surface area is 208 Å². The third-order valence-corrected chi connectivity index (χ3v) is 7.34. The van der Waals surface area contributed by atoms with Crippen LogP contribution in [-0.2, 0) is 11.8 Å². The zero-order valence-corrected chi connectivity index (χ0v) is 20.9. The van der Waals surface area contributed by atoms with E-state index in [4.69, 9.17) is 4.74 Å². The van der Waals surface area contributed by atoms with Crippen molar-refractivity contribution in [1.29, 1.82) is 0 Å². The van der Waals surface area contributed by atoms with Crippen LogP contribution in [0.5, 0.6) is 5.75 Å². The molecule has 0 fully saturated rings. The van der Waals surface area contributed by atoms with Crippen LogP contribution in [0, 0.1) is 0 Å². The fourth-order valence-corrected chi connectivity index (χ4v) is 5.25. The second-order valence-electron chi connectivity index (χ2n) is 10.7. The van der Waals surface area contributed by atoms with Crippen LogP contribution in [0.3, 0.4) is 0 Å². The molecule has 0 heterocycles. The van der Waals surface area contributed by atoms with Gasteiger partial charge in [0.15, 0.2) is 0 Å². The summed E-state index contributed by atoms with van der Waals surface area (Å²) in [7, 11) is 1.70. The van der Waals surface area contributed by atoms with Gasteiger partial charge in [-0.25, -0.2) is 0 Å². The van der Waals surface area contributed by atoms with Crippen molar-refractivity contribution in [3.8, 4) is 39.1 Å². The van der Waals surface area contributed by atoms with Gasteiger partial charge in [-0.15, -0.1) is 0 Å². The van der Waals surface area contributed by atoms with Gasteiger partial charge < -0.3 is 4.74 Å². The monoisotopic (exact) mass is 454 g/mol. The summed E-state index contributed by atoms with van der Waals surface area (Å²) in [6.45, 7) is 6.81. The van der Waals surface area contributed by atoms with E-state index in [1.54, 1.807) is 7.11 Å². The first kappa shape index (κ1) is 21.7. The number of ether oxygens (including phenoxy) is 1. The molecule has 5 aromatic carbocycles. The third kappa shape index (κ3) is 3.91. The van der Waals surface area contributed by atoms with Crippen molar-refractivity contribution in [1.82, 2.24) is 0 Å². The third-order valence-electron chi connectivity index (χ3n) is 7.34. The quantitative estimate of drug-likeness (QED) is 0.259. The van der Waals surface area contributed by atoms with E-state index in [-0.39, 0.29) is 5.41 Å². The second-order valence-corrected chi connectivity index (χ2v) is 10.7. The lowest BCUT2D eigenvalue weighted by molar-refractivity contribution is 0.415. The Bertz CT molecular complexity index is 1570. The van der Waals surface area contributed by atoms with E-state index in [9.17, 15) is 0 Å². The topological polar surface area (TPSA) is 9.23 Å². The van der Waals surface area contributed by atoms with E-state index in [0.717, 1.165) is 12.2 Å². The Hall–Kier alpha value is -3.84. The maximum Gasteiger partial charge on any atom is 0.118 e. The Morgan fingerprint density at radius 2 is 1.06 bits per heavy atom. The van der Waals surface area contributed by atoms with Crippen molar-refractivity contribution in [3.63, 3.8) is 0 Å². The Kier molecular flexibility index (Phi) is 5.04. The van der Waals surface area contributed by atoms with Gasteiger partial charge in [-0.2, -0.15) is 0 Å². The molecule has 0 atom stereocenters. The zero-order chi connectivity index (χ0) is 24.2. The van der Waals surface area contributed by atoms with Crippen molar-refractivity contribution in [2.24, 2.45) is 0 Å². The van der Waals surface area contributed by atoms with Crippen molar-refractivity contribution >= 4 is 10.8 Å². The van der Waals surface area contributed by atoms with Crippen LogP contribution >= 0.6 is 0 Å². The van der Waals surface area contributed by atoms with Gasteiger partial charge in [-0.05, 0) is 90.9 Å². The van der Waals surface area contributed by atoms with Crippen LogP contribution in [0.25, 0.3) is 44.2 Å². The molecule has 0 saturated heterocycles. The minimum Gasteiger partial charge on any atom is -0.497 e. The van der Waals surface area contributed by atoms with Gasteiger partial charge in [0.25, 0.3) is 0 Å². The first-order chi connectivity index (χ1) is 16.9. The van der Waals surface area contributed by atoms with E-state index in [1.165, 1.54) is 60.8 Å². The summed E-state index contributed by atoms with van der Waals surface area (Å²) in [6.07, 6.45) is 0.977. The average Bonchev–Trinajstić information content (AvgIpc) is 3.24. The van der Waals surface area contributed by atoms with Gasteiger partial charge in [0, 0.05) is 0 Å². The fraction of sp³-hybridized carbons (Fsp3) is 0.176. The van der Waals surface area contributed by atoms with Crippen LogP contribution in [0.4, 0.5) is 0 Å². The fourth-order valence-electron chi connectivity index (χ4n) is 5.25. The molecule has 0 unspecified atom stereocenters. The highest BCUT2D eigenvalue weighted by atomic mass is 16.5. The predicted octanol–water partition coefficient (Wildman–Crippen LogP) is 9.05. The van der Waals surface area contributed by atoms with E-state index < -0.39 is 0 Å². The Balaban J connectivity index is 1.31. The largest absolute Gasteiger partial charge is 0.497 e. The summed E-state index contributed by atoms with van der Waals surface area (Å²) in [5.41, 5.74) is 12.1. The van der Waals surface area contributed by atoms with Crippen molar-refractivity contribution < 1.29 is 4.74 Å². The van der Waals surface area contributed by atoms with Gasteiger partial charge in [0.05, 0.1) is 7.11 Å². The highest BCUT2D eigenvalue weighted by molar-refractivity contribution is 5.89. The molecule has 0 bridgehead atoms. The summed E-state index contributed by atoms with van der Waals surface area (Å²) in [5.74, 6) is 0.887. The minimum atomic E-state index is 0.162. The highest BCUT2D eigenvalue weighted by Crippen LogP contribution is 2.41. The first-order valence-corrected chi connectivity index (χ1v) is 12.3. The molecule has 6 rings (SSSR count). The molecule has 0 saturated carbocycles. The van der Waals surface area contributed by atoms with E-state index in [0.29, 0.717) is 0 Å². The Morgan fingerprint density at radius 1 is 0.543 bits per heavy atom. The number of benzene rings is 5. The van der Waals surface area contributed by atoms with Crippen LogP contribution in [-0.4, -0.2) is 7.11 Å². The molecule has 1 aliphatic rings. The molecule has 0 amide bonds. The van der Waals surface area contributed by atoms with Crippen LogP contribution in [0.1, 0.15) is 37.5 Å². The standard InChI is InChI=1S/C34H30O/c1-34(2,3)30-12-7-25-17-24(5-6-27(25)21-30)26-11-16-33-29(19-26)20-28-18-23(10-15-32(28)33)22-8-13-31(35-4)14-9-22/h5-19,21H,20H2,1-4H3. The summed E-state index contributed by atoms with van der Waals surface area (Å²) in [4.78, 5) is 0. The van der Waals surface area contributed by atoms with E-state index in [2.05, 4.69) is 106 Å². The molecule has 172 valence electrons. The van der Waals surface area contributed by atoms with Crippen LogP contribution < -0.4 is 4.74 Å². The molecule has 0 spiro atoms. The summed E-state index contributed by atoms with van der Waals surface area (Å²) >= 11 is 0. The van der Waals surface area contributed by atoms with Gasteiger partial charge in [0.2, 0.25) is 0 Å². The van der Waals surface area contributed by atoms with Gasteiger partial charge in [0.1, 0.15) is 5.75 Å². The summed E-state index contributed by atoms with van der Waals surface area (Å²) in [6, 6.07) is 35.9.